The molecule has 0 aromatic heterocycles. The Hall–Kier alpha value is -2.33. The van der Waals surface area contributed by atoms with Crippen LogP contribution in [0.1, 0.15) is 17.3 Å². The zero-order chi connectivity index (χ0) is 16.9. The SMILES string of the molecule is C[C@@H](O)[C@H](NC(=O)c1ccc(OC(F)(F)F)cc1)C(=O)NO. The van der Waals surface area contributed by atoms with Crippen molar-refractivity contribution in [3.05, 3.63) is 29.8 Å². The summed E-state index contributed by atoms with van der Waals surface area (Å²) in [6, 6.07) is 2.51. The van der Waals surface area contributed by atoms with Gasteiger partial charge in [0.2, 0.25) is 0 Å². The molecular formula is C12H13F3N2O5. The van der Waals surface area contributed by atoms with Gasteiger partial charge in [0.05, 0.1) is 6.10 Å². The summed E-state index contributed by atoms with van der Waals surface area (Å²) in [7, 11) is 0. The van der Waals surface area contributed by atoms with Gasteiger partial charge in [0.1, 0.15) is 11.8 Å². The van der Waals surface area contributed by atoms with E-state index in [0.29, 0.717) is 0 Å². The molecule has 0 radical (unpaired) electrons. The van der Waals surface area contributed by atoms with Gasteiger partial charge >= 0.3 is 6.36 Å². The maximum atomic E-state index is 12.0. The van der Waals surface area contributed by atoms with Crippen molar-refractivity contribution in [3.63, 3.8) is 0 Å². The quantitative estimate of drug-likeness (QED) is 0.468. The molecule has 0 aliphatic carbocycles. The third-order valence-electron chi connectivity index (χ3n) is 2.51. The third kappa shape index (κ3) is 5.22. The Balaban J connectivity index is 2.79. The second-order valence-electron chi connectivity index (χ2n) is 4.24. The molecule has 0 aliphatic heterocycles. The molecule has 0 unspecified atom stereocenters. The molecule has 1 rings (SSSR count). The molecule has 1 aromatic carbocycles. The fourth-order valence-electron chi connectivity index (χ4n) is 1.51. The summed E-state index contributed by atoms with van der Waals surface area (Å²) in [6.07, 6.45) is -6.15. The van der Waals surface area contributed by atoms with Crippen molar-refractivity contribution in [1.29, 1.82) is 0 Å². The number of aliphatic hydroxyl groups is 1. The number of benzene rings is 1. The standard InChI is InChI=1S/C12H13F3N2O5/c1-6(18)9(11(20)17-21)16-10(19)7-2-4-8(5-3-7)22-12(13,14)15/h2-6,9,18,21H,1H3,(H,16,19)(H,17,20)/t6-,9+/m1/s1. The summed E-state index contributed by atoms with van der Waals surface area (Å²) in [5.74, 6) is -2.38. The summed E-state index contributed by atoms with van der Waals surface area (Å²) in [4.78, 5) is 23.1. The maximum Gasteiger partial charge on any atom is 0.573 e. The van der Waals surface area contributed by atoms with Crippen LogP contribution in [0.3, 0.4) is 0 Å². The Bertz CT molecular complexity index is 531. The lowest BCUT2D eigenvalue weighted by Crippen LogP contribution is -2.51. The first kappa shape index (κ1) is 17.7. The van der Waals surface area contributed by atoms with Crippen molar-refractivity contribution in [2.75, 3.05) is 0 Å². The van der Waals surface area contributed by atoms with Gasteiger partial charge in [-0.3, -0.25) is 14.8 Å². The number of carbonyl (C=O) groups is 2. The highest BCUT2D eigenvalue weighted by Gasteiger charge is 2.31. The number of alkyl halides is 3. The van der Waals surface area contributed by atoms with E-state index in [1.807, 2.05) is 0 Å². The molecule has 22 heavy (non-hydrogen) atoms. The fraction of sp³-hybridized carbons (Fsp3) is 0.333. The highest BCUT2D eigenvalue weighted by molar-refractivity contribution is 5.97. The van der Waals surface area contributed by atoms with Crippen LogP contribution < -0.4 is 15.5 Å². The lowest BCUT2D eigenvalue weighted by atomic mass is 10.1. The van der Waals surface area contributed by atoms with Crippen LogP contribution in [0.5, 0.6) is 5.75 Å². The van der Waals surface area contributed by atoms with Gasteiger partial charge in [-0.2, -0.15) is 0 Å². The van der Waals surface area contributed by atoms with Crippen LogP contribution in [0.15, 0.2) is 24.3 Å². The van der Waals surface area contributed by atoms with Crippen LogP contribution in [0.4, 0.5) is 13.2 Å². The van der Waals surface area contributed by atoms with Crippen LogP contribution >= 0.6 is 0 Å². The molecule has 4 N–H and O–H groups in total. The Morgan fingerprint density at radius 1 is 1.23 bits per heavy atom. The zero-order valence-electron chi connectivity index (χ0n) is 11.2. The lowest BCUT2D eigenvalue weighted by molar-refractivity contribution is -0.274. The number of halogens is 3. The van der Waals surface area contributed by atoms with E-state index in [0.717, 1.165) is 24.3 Å². The molecule has 0 saturated carbocycles. The molecule has 7 nitrogen and oxygen atoms in total. The summed E-state index contributed by atoms with van der Waals surface area (Å²) < 4.78 is 39.6. The number of carbonyl (C=O) groups excluding carboxylic acids is 2. The summed E-state index contributed by atoms with van der Waals surface area (Å²) >= 11 is 0. The van der Waals surface area contributed by atoms with Gasteiger partial charge in [-0.1, -0.05) is 0 Å². The van der Waals surface area contributed by atoms with E-state index in [1.165, 1.54) is 12.4 Å². The summed E-state index contributed by atoms with van der Waals surface area (Å²) in [6.45, 7) is 1.21. The smallest absolute Gasteiger partial charge is 0.406 e. The normalized spacial score (nSPS) is 13.9. The first-order valence-corrected chi connectivity index (χ1v) is 5.92. The van der Waals surface area contributed by atoms with E-state index in [2.05, 4.69) is 10.1 Å². The monoisotopic (exact) mass is 322 g/mol. The van der Waals surface area contributed by atoms with E-state index >= 15 is 0 Å². The predicted octanol–water partition coefficient (Wildman–Crippen LogP) is 0.570. The summed E-state index contributed by atoms with van der Waals surface area (Å²) in [5.41, 5.74) is 1.22. The molecule has 0 aliphatic rings. The molecule has 122 valence electrons. The van der Waals surface area contributed by atoms with Crippen LogP contribution in [0, 0.1) is 0 Å². The van der Waals surface area contributed by atoms with Gasteiger partial charge in [0.15, 0.2) is 0 Å². The Kier molecular flexibility index (Phi) is 5.71. The van der Waals surface area contributed by atoms with E-state index in [9.17, 15) is 27.9 Å². The zero-order valence-corrected chi connectivity index (χ0v) is 11.2. The van der Waals surface area contributed by atoms with Gasteiger partial charge in [-0.05, 0) is 31.2 Å². The van der Waals surface area contributed by atoms with Crippen molar-refractivity contribution in [2.45, 2.75) is 25.4 Å². The number of rotatable bonds is 5. The van der Waals surface area contributed by atoms with Gasteiger partial charge in [-0.25, -0.2) is 5.48 Å². The van der Waals surface area contributed by atoms with Crippen molar-refractivity contribution in [1.82, 2.24) is 10.8 Å². The Morgan fingerprint density at radius 2 is 1.77 bits per heavy atom. The number of ether oxygens (including phenoxy) is 1. The van der Waals surface area contributed by atoms with Gasteiger partial charge in [-0.15, -0.1) is 13.2 Å². The molecule has 2 atom stereocenters. The van der Waals surface area contributed by atoms with Crippen molar-refractivity contribution >= 4 is 11.8 Å². The number of nitrogens with one attached hydrogen (secondary N) is 2. The fourth-order valence-corrected chi connectivity index (χ4v) is 1.51. The minimum absolute atomic E-state index is 0.0640. The lowest BCUT2D eigenvalue weighted by Gasteiger charge is -2.19. The third-order valence-corrected chi connectivity index (χ3v) is 2.51. The predicted molar refractivity (Wildman–Crippen MR) is 66.0 cm³/mol. The van der Waals surface area contributed by atoms with E-state index in [4.69, 9.17) is 5.21 Å². The first-order chi connectivity index (χ1) is 10.1. The van der Waals surface area contributed by atoms with Gasteiger partial charge < -0.3 is 15.2 Å². The number of aliphatic hydroxyl groups excluding tert-OH is 1. The second kappa shape index (κ2) is 7.09. The molecule has 0 bridgehead atoms. The average molecular weight is 322 g/mol. The largest absolute Gasteiger partial charge is 0.573 e. The van der Waals surface area contributed by atoms with E-state index in [1.54, 1.807) is 0 Å². The number of hydrogen-bond acceptors (Lipinski definition) is 5. The number of hydrogen-bond donors (Lipinski definition) is 4. The average Bonchev–Trinajstić information content (AvgIpc) is 2.42. The molecule has 0 heterocycles. The number of hydroxylamine groups is 1. The second-order valence-corrected chi connectivity index (χ2v) is 4.24. The van der Waals surface area contributed by atoms with Crippen molar-refractivity contribution < 1.29 is 37.8 Å². The molecule has 10 heteroatoms. The molecule has 0 saturated heterocycles. The minimum atomic E-state index is -4.85. The van der Waals surface area contributed by atoms with Crippen molar-refractivity contribution in [2.24, 2.45) is 0 Å². The number of amides is 2. The molecule has 0 fully saturated rings. The van der Waals surface area contributed by atoms with Crippen molar-refractivity contribution in [3.8, 4) is 5.75 Å². The van der Waals surface area contributed by atoms with E-state index in [-0.39, 0.29) is 5.56 Å². The highest BCUT2D eigenvalue weighted by atomic mass is 19.4. The summed E-state index contributed by atoms with van der Waals surface area (Å²) in [5, 5.41) is 20.0. The first-order valence-electron chi connectivity index (χ1n) is 5.92. The van der Waals surface area contributed by atoms with Gasteiger partial charge in [0.25, 0.3) is 11.8 Å². The topological polar surface area (TPSA) is 108 Å². The van der Waals surface area contributed by atoms with Crippen LogP contribution in [-0.2, 0) is 4.79 Å². The molecule has 1 aromatic rings. The molecule has 0 spiro atoms. The van der Waals surface area contributed by atoms with Crippen LogP contribution in [-0.4, -0.2) is 40.6 Å². The maximum absolute atomic E-state index is 12.0. The van der Waals surface area contributed by atoms with Crippen LogP contribution in [0.25, 0.3) is 0 Å². The molecule has 2 amide bonds. The minimum Gasteiger partial charge on any atom is -0.406 e. The van der Waals surface area contributed by atoms with Crippen LogP contribution in [0.2, 0.25) is 0 Å². The Labute approximate surface area is 122 Å². The van der Waals surface area contributed by atoms with E-state index < -0.39 is 36.1 Å². The van der Waals surface area contributed by atoms with Gasteiger partial charge in [0, 0.05) is 5.56 Å². The molecular weight excluding hydrogens is 309 g/mol. The Morgan fingerprint density at radius 3 is 2.18 bits per heavy atom. The highest BCUT2D eigenvalue weighted by Crippen LogP contribution is 2.22.